The van der Waals surface area contributed by atoms with Gasteiger partial charge in [0.2, 0.25) is 10.0 Å². The Kier molecular flexibility index (Phi) is 4.87. The van der Waals surface area contributed by atoms with Gasteiger partial charge in [-0.2, -0.15) is 0 Å². The van der Waals surface area contributed by atoms with E-state index in [0.717, 1.165) is 10.4 Å². The van der Waals surface area contributed by atoms with Crippen molar-refractivity contribution in [3.63, 3.8) is 0 Å². The Bertz CT molecular complexity index is 653. The van der Waals surface area contributed by atoms with E-state index < -0.39 is 10.0 Å². The fourth-order valence-electron chi connectivity index (χ4n) is 1.77. The van der Waals surface area contributed by atoms with Crippen LogP contribution in [0.4, 0.5) is 0 Å². The summed E-state index contributed by atoms with van der Waals surface area (Å²) in [5.41, 5.74) is 0.835. The molecular weight excluding hydrogens is 294 g/mol. The summed E-state index contributed by atoms with van der Waals surface area (Å²) in [5.74, 6) is 0. The summed E-state index contributed by atoms with van der Waals surface area (Å²) < 4.78 is 27.2. The number of rotatable bonds is 6. The minimum atomic E-state index is -3.50. The zero-order valence-electron chi connectivity index (χ0n) is 11.3. The summed E-state index contributed by atoms with van der Waals surface area (Å²) in [5, 5.41) is 4.66. The molecule has 2 N–H and O–H groups in total. The average Bonchev–Trinajstić information content (AvgIpc) is 2.89. The summed E-state index contributed by atoms with van der Waals surface area (Å²) in [7, 11) is -1.67. The highest BCUT2D eigenvalue weighted by molar-refractivity contribution is 7.89. The van der Waals surface area contributed by atoms with Crippen LogP contribution in [0.15, 0.2) is 40.9 Å². The van der Waals surface area contributed by atoms with Gasteiger partial charge in [0.1, 0.15) is 0 Å². The van der Waals surface area contributed by atoms with Crippen LogP contribution in [-0.2, 0) is 16.6 Å². The molecule has 108 valence electrons. The first-order valence-electron chi connectivity index (χ1n) is 6.17. The first kappa shape index (κ1) is 15.1. The Hall–Kier alpha value is -1.28. The van der Waals surface area contributed by atoms with Gasteiger partial charge in [-0.3, -0.25) is 4.98 Å². The zero-order chi connectivity index (χ0) is 14.6. The van der Waals surface area contributed by atoms with E-state index in [9.17, 15) is 8.42 Å². The van der Waals surface area contributed by atoms with Crippen LogP contribution in [-0.4, -0.2) is 20.4 Å². The van der Waals surface area contributed by atoms with Crippen molar-refractivity contribution < 1.29 is 8.42 Å². The van der Waals surface area contributed by atoms with Gasteiger partial charge in [-0.1, -0.05) is 6.07 Å². The van der Waals surface area contributed by atoms with Crippen molar-refractivity contribution in [3.8, 4) is 0 Å². The quantitative estimate of drug-likeness (QED) is 0.855. The monoisotopic (exact) mass is 311 g/mol. The lowest BCUT2D eigenvalue weighted by molar-refractivity contribution is 0.567. The van der Waals surface area contributed by atoms with E-state index in [1.54, 1.807) is 36.8 Å². The molecule has 2 heterocycles. The van der Waals surface area contributed by atoms with Gasteiger partial charge < -0.3 is 5.32 Å². The Morgan fingerprint density at radius 2 is 2.25 bits per heavy atom. The molecule has 0 fully saturated rings. The third kappa shape index (κ3) is 3.63. The van der Waals surface area contributed by atoms with Crippen LogP contribution in [0.25, 0.3) is 0 Å². The van der Waals surface area contributed by atoms with Crippen LogP contribution >= 0.6 is 11.3 Å². The Balaban J connectivity index is 2.14. The molecule has 0 aliphatic carbocycles. The highest BCUT2D eigenvalue weighted by Crippen LogP contribution is 2.21. The highest BCUT2D eigenvalue weighted by Gasteiger charge is 2.19. The van der Waals surface area contributed by atoms with Gasteiger partial charge in [0.05, 0.1) is 4.90 Å². The molecule has 0 radical (unpaired) electrons. The number of hydrogen-bond acceptors (Lipinski definition) is 5. The van der Waals surface area contributed by atoms with Crippen molar-refractivity contribution in [1.29, 1.82) is 0 Å². The van der Waals surface area contributed by atoms with Crippen LogP contribution in [0.3, 0.4) is 0 Å². The number of pyridine rings is 1. The van der Waals surface area contributed by atoms with Crippen LogP contribution in [0.2, 0.25) is 0 Å². The molecule has 0 saturated carbocycles. The number of nitrogens with zero attached hydrogens (tertiary/aromatic N) is 1. The Morgan fingerprint density at radius 1 is 1.45 bits per heavy atom. The van der Waals surface area contributed by atoms with Crippen molar-refractivity contribution >= 4 is 21.4 Å². The molecule has 0 spiro atoms. The summed E-state index contributed by atoms with van der Waals surface area (Å²) in [6.07, 6.45) is 3.32. The van der Waals surface area contributed by atoms with Gasteiger partial charge >= 0.3 is 0 Å². The smallest absolute Gasteiger partial charge is 0.241 e. The molecule has 1 atom stereocenters. The molecule has 1 unspecified atom stereocenters. The standard InChI is InChI=1S/C13H17N3O2S2/c1-10(11-4-3-5-15-7-11)16-20(17,18)13-6-12(8-14-2)19-9-13/h3-7,9-10,14,16H,8H2,1-2H3. The van der Waals surface area contributed by atoms with Gasteiger partial charge in [-0.15, -0.1) is 11.3 Å². The molecule has 7 heteroatoms. The van der Waals surface area contributed by atoms with E-state index in [4.69, 9.17) is 0 Å². The molecule has 2 aromatic rings. The topological polar surface area (TPSA) is 71.1 Å². The maximum atomic E-state index is 12.3. The van der Waals surface area contributed by atoms with E-state index in [0.29, 0.717) is 11.4 Å². The van der Waals surface area contributed by atoms with Crippen LogP contribution < -0.4 is 10.0 Å². The first-order valence-corrected chi connectivity index (χ1v) is 8.53. The molecule has 0 amide bonds. The molecule has 0 aliphatic rings. The van der Waals surface area contributed by atoms with Crippen molar-refractivity contribution in [3.05, 3.63) is 46.4 Å². The molecular formula is C13H17N3O2S2. The molecule has 20 heavy (non-hydrogen) atoms. The molecule has 2 rings (SSSR count). The first-order chi connectivity index (χ1) is 9.53. The van der Waals surface area contributed by atoms with Gasteiger partial charge in [-0.25, -0.2) is 13.1 Å². The summed E-state index contributed by atoms with van der Waals surface area (Å²) in [6, 6.07) is 5.01. The third-order valence-electron chi connectivity index (χ3n) is 2.81. The van der Waals surface area contributed by atoms with Crippen molar-refractivity contribution in [2.24, 2.45) is 0 Å². The van der Waals surface area contributed by atoms with Crippen LogP contribution in [0, 0.1) is 0 Å². The Labute approximate surface area is 123 Å². The number of hydrogen-bond donors (Lipinski definition) is 2. The SMILES string of the molecule is CNCc1cc(S(=O)(=O)NC(C)c2cccnc2)cs1. The van der Waals surface area contributed by atoms with E-state index in [1.165, 1.54) is 11.3 Å². The fourth-order valence-corrected chi connectivity index (χ4v) is 4.29. The van der Waals surface area contributed by atoms with Gasteiger partial charge in [-0.05, 0) is 31.7 Å². The zero-order valence-corrected chi connectivity index (χ0v) is 13.0. The number of nitrogens with one attached hydrogen (secondary N) is 2. The molecule has 0 saturated heterocycles. The second kappa shape index (κ2) is 6.45. The van der Waals surface area contributed by atoms with Gasteiger partial charge in [0.15, 0.2) is 0 Å². The van der Waals surface area contributed by atoms with Crippen molar-refractivity contribution in [2.45, 2.75) is 24.4 Å². The number of sulfonamides is 1. The predicted molar refractivity (Wildman–Crippen MR) is 80.1 cm³/mol. The second-order valence-corrected chi connectivity index (χ2v) is 7.12. The van der Waals surface area contributed by atoms with E-state index >= 15 is 0 Å². The Morgan fingerprint density at radius 3 is 2.90 bits per heavy atom. The lowest BCUT2D eigenvalue weighted by atomic mass is 10.2. The lowest BCUT2D eigenvalue weighted by Gasteiger charge is -2.13. The second-order valence-electron chi connectivity index (χ2n) is 4.41. The van der Waals surface area contributed by atoms with Gasteiger partial charge in [0, 0.05) is 35.2 Å². The van der Waals surface area contributed by atoms with E-state index in [-0.39, 0.29) is 6.04 Å². The third-order valence-corrected chi connectivity index (χ3v) is 5.41. The van der Waals surface area contributed by atoms with E-state index in [1.807, 2.05) is 13.1 Å². The minimum Gasteiger partial charge on any atom is -0.315 e. The molecule has 5 nitrogen and oxygen atoms in total. The van der Waals surface area contributed by atoms with E-state index in [2.05, 4.69) is 15.0 Å². The largest absolute Gasteiger partial charge is 0.315 e. The maximum absolute atomic E-state index is 12.3. The molecule has 2 aromatic heterocycles. The molecule has 0 aromatic carbocycles. The average molecular weight is 311 g/mol. The molecule has 0 aliphatic heterocycles. The maximum Gasteiger partial charge on any atom is 0.241 e. The summed E-state index contributed by atoms with van der Waals surface area (Å²) in [4.78, 5) is 5.29. The molecule has 0 bridgehead atoms. The minimum absolute atomic E-state index is 0.309. The van der Waals surface area contributed by atoms with Crippen molar-refractivity contribution in [2.75, 3.05) is 7.05 Å². The van der Waals surface area contributed by atoms with Gasteiger partial charge in [0.25, 0.3) is 0 Å². The summed E-state index contributed by atoms with van der Waals surface area (Å²) in [6.45, 7) is 2.47. The van der Waals surface area contributed by atoms with Crippen LogP contribution in [0.1, 0.15) is 23.4 Å². The normalized spacial score (nSPS) is 13.3. The number of aromatic nitrogens is 1. The number of thiophene rings is 1. The summed E-state index contributed by atoms with van der Waals surface area (Å²) >= 11 is 1.43. The lowest BCUT2D eigenvalue weighted by Crippen LogP contribution is -2.26. The predicted octanol–water partition coefficient (Wildman–Crippen LogP) is 1.90. The van der Waals surface area contributed by atoms with Crippen molar-refractivity contribution in [1.82, 2.24) is 15.0 Å². The van der Waals surface area contributed by atoms with Crippen LogP contribution in [0.5, 0.6) is 0 Å². The highest BCUT2D eigenvalue weighted by atomic mass is 32.2. The fraction of sp³-hybridized carbons (Fsp3) is 0.308.